The third-order valence-corrected chi connectivity index (χ3v) is 2.50. The van der Waals surface area contributed by atoms with E-state index in [0.29, 0.717) is 17.0 Å². The van der Waals surface area contributed by atoms with Crippen molar-refractivity contribution in [3.8, 4) is 0 Å². The molecular weight excluding hydrogens is 238 g/mol. The second kappa shape index (κ2) is 5.07. The summed E-state index contributed by atoms with van der Waals surface area (Å²) in [6, 6.07) is 0. The lowest BCUT2D eigenvalue weighted by molar-refractivity contribution is 0.0801. The SMILES string of the molecule is Cc1c(C(=O)NCC(O)CO)cnc2ncnn12. The minimum Gasteiger partial charge on any atom is -0.394 e. The Balaban J connectivity index is 2.20. The third-order valence-electron chi connectivity index (χ3n) is 2.50. The van der Waals surface area contributed by atoms with Crippen molar-refractivity contribution in [2.45, 2.75) is 13.0 Å². The van der Waals surface area contributed by atoms with Crippen LogP contribution in [0.25, 0.3) is 5.78 Å². The Hall–Kier alpha value is -2.06. The van der Waals surface area contributed by atoms with Crippen LogP contribution in [0, 0.1) is 6.92 Å². The van der Waals surface area contributed by atoms with Gasteiger partial charge in [0.25, 0.3) is 11.7 Å². The number of carbonyl (C=O) groups is 1. The van der Waals surface area contributed by atoms with E-state index in [1.165, 1.54) is 17.0 Å². The predicted molar refractivity (Wildman–Crippen MR) is 60.9 cm³/mol. The number of hydrogen-bond acceptors (Lipinski definition) is 6. The maximum Gasteiger partial charge on any atom is 0.254 e. The Bertz CT molecular complexity index is 568. The van der Waals surface area contributed by atoms with Crippen LogP contribution < -0.4 is 5.32 Å². The molecule has 2 heterocycles. The van der Waals surface area contributed by atoms with Crippen molar-refractivity contribution in [3.05, 3.63) is 23.8 Å². The quantitative estimate of drug-likeness (QED) is 0.610. The van der Waals surface area contributed by atoms with Crippen molar-refractivity contribution in [1.82, 2.24) is 24.9 Å². The van der Waals surface area contributed by atoms with Crippen LogP contribution in [-0.4, -0.2) is 55.0 Å². The molecule has 0 fully saturated rings. The first-order valence-corrected chi connectivity index (χ1v) is 5.36. The molecule has 1 atom stereocenters. The normalized spacial score (nSPS) is 12.6. The molecule has 3 N–H and O–H groups in total. The van der Waals surface area contributed by atoms with Gasteiger partial charge in [-0.1, -0.05) is 0 Å². The lowest BCUT2D eigenvalue weighted by atomic mass is 10.2. The average molecular weight is 251 g/mol. The molecule has 0 aliphatic rings. The van der Waals surface area contributed by atoms with Crippen molar-refractivity contribution in [1.29, 1.82) is 0 Å². The zero-order chi connectivity index (χ0) is 13.1. The molecule has 1 unspecified atom stereocenters. The second-order valence-corrected chi connectivity index (χ2v) is 3.78. The van der Waals surface area contributed by atoms with Crippen LogP contribution in [0.5, 0.6) is 0 Å². The van der Waals surface area contributed by atoms with E-state index in [2.05, 4.69) is 20.4 Å². The number of aromatic nitrogens is 4. The Labute approximate surface area is 102 Å². The monoisotopic (exact) mass is 251 g/mol. The minimum absolute atomic E-state index is 0.0236. The van der Waals surface area contributed by atoms with Crippen LogP contribution in [0.3, 0.4) is 0 Å². The molecule has 2 aromatic rings. The number of nitrogens with one attached hydrogen (secondary N) is 1. The fraction of sp³-hybridized carbons (Fsp3) is 0.400. The fourth-order valence-corrected chi connectivity index (χ4v) is 1.48. The van der Waals surface area contributed by atoms with Gasteiger partial charge in [0, 0.05) is 12.7 Å². The van der Waals surface area contributed by atoms with Gasteiger partial charge >= 0.3 is 0 Å². The highest BCUT2D eigenvalue weighted by molar-refractivity contribution is 5.95. The highest BCUT2D eigenvalue weighted by Crippen LogP contribution is 2.07. The summed E-state index contributed by atoms with van der Waals surface area (Å²) in [5.74, 6) is 0.0318. The molecule has 0 radical (unpaired) electrons. The summed E-state index contributed by atoms with van der Waals surface area (Å²) in [7, 11) is 0. The molecule has 1 amide bonds. The van der Waals surface area contributed by atoms with Crippen molar-refractivity contribution < 1.29 is 15.0 Å². The summed E-state index contributed by atoms with van der Waals surface area (Å²) in [6.07, 6.45) is 1.78. The number of aliphatic hydroxyl groups is 2. The second-order valence-electron chi connectivity index (χ2n) is 3.78. The Morgan fingerprint density at radius 2 is 2.33 bits per heavy atom. The highest BCUT2D eigenvalue weighted by atomic mass is 16.3. The van der Waals surface area contributed by atoms with E-state index >= 15 is 0 Å². The molecule has 0 spiro atoms. The van der Waals surface area contributed by atoms with E-state index < -0.39 is 12.7 Å². The number of aryl methyl sites for hydroxylation is 1. The van der Waals surface area contributed by atoms with Crippen LogP contribution in [0.2, 0.25) is 0 Å². The van der Waals surface area contributed by atoms with Crippen molar-refractivity contribution in [2.75, 3.05) is 13.2 Å². The summed E-state index contributed by atoms with van der Waals surface area (Å²) >= 11 is 0. The minimum atomic E-state index is -0.975. The number of amides is 1. The van der Waals surface area contributed by atoms with Gasteiger partial charge in [-0.3, -0.25) is 4.79 Å². The summed E-state index contributed by atoms with van der Waals surface area (Å²) in [5, 5.41) is 24.2. The van der Waals surface area contributed by atoms with E-state index in [9.17, 15) is 4.79 Å². The van der Waals surface area contributed by atoms with Crippen LogP contribution in [0.1, 0.15) is 16.1 Å². The first kappa shape index (κ1) is 12.4. The molecule has 0 aromatic carbocycles. The van der Waals surface area contributed by atoms with Crippen LogP contribution >= 0.6 is 0 Å². The zero-order valence-corrected chi connectivity index (χ0v) is 9.74. The van der Waals surface area contributed by atoms with Gasteiger partial charge in [0.05, 0.1) is 24.0 Å². The summed E-state index contributed by atoms with van der Waals surface area (Å²) < 4.78 is 1.46. The van der Waals surface area contributed by atoms with Crippen LogP contribution in [0.15, 0.2) is 12.5 Å². The molecule has 8 heteroatoms. The largest absolute Gasteiger partial charge is 0.394 e. The number of nitrogens with zero attached hydrogens (tertiary/aromatic N) is 4. The smallest absolute Gasteiger partial charge is 0.254 e. The molecular formula is C10H13N5O3. The Morgan fingerprint density at radius 3 is 3.06 bits per heavy atom. The number of aliphatic hydroxyl groups excluding tert-OH is 2. The molecule has 0 aliphatic heterocycles. The number of carbonyl (C=O) groups excluding carboxylic acids is 1. The highest BCUT2D eigenvalue weighted by Gasteiger charge is 2.14. The zero-order valence-electron chi connectivity index (χ0n) is 9.74. The van der Waals surface area contributed by atoms with Crippen molar-refractivity contribution in [2.24, 2.45) is 0 Å². The average Bonchev–Trinajstić information content (AvgIpc) is 2.85. The molecule has 0 saturated carbocycles. The van der Waals surface area contributed by atoms with Gasteiger partial charge in [-0.2, -0.15) is 10.1 Å². The maximum absolute atomic E-state index is 11.8. The fourth-order valence-electron chi connectivity index (χ4n) is 1.48. The van der Waals surface area contributed by atoms with Gasteiger partial charge in [0.15, 0.2) is 0 Å². The van der Waals surface area contributed by atoms with E-state index in [1.807, 2.05) is 0 Å². The third kappa shape index (κ3) is 2.29. The van der Waals surface area contributed by atoms with Crippen LogP contribution in [-0.2, 0) is 0 Å². The van der Waals surface area contributed by atoms with Gasteiger partial charge in [0.1, 0.15) is 6.33 Å². The van der Waals surface area contributed by atoms with Crippen molar-refractivity contribution in [3.63, 3.8) is 0 Å². The predicted octanol–water partition coefficient (Wildman–Crippen LogP) is -1.48. The molecule has 8 nitrogen and oxygen atoms in total. The van der Waals surface area contributed by atoms with Gasteiger partial charge in [-0.15, -0.1) is 0 Å². The molecule has 0 saturated heterocycles. The Morgan fingerprint density at radius 1 is 1.56 bits per heavy atom. The topological polar surface area (TPSA) is 113 Å². The summed E-state index contributed by atoms with van der Waals surface area (Å²) in [4.78, 5) is 19.7. The van der Waals surface area contributed by atoms with E-state index in [4.69, 9.17) is 10.2 Å². The first-order valence-electron chi connectivity index (χ1n) is 5.36. The summed E-state index contributed by atoms with van der Waals surface area (Å²) in [6.45, 7) is 1.30. The number of fused-ring (bicyclic) bond motifs is 1. The van der Waals surface area contributed by atoms with Crippen molar-refractivity contribution >= 4 is 11.7 Å². The molecule has 18 heavy (non-hydrogen) atoms. The van der Waals surface area contributed by atoms with E-state index in [1.54, 1.807) is 6.92 Å². The first-order chi connectivity index (χ1) is 8.63. The molecule has 0 bridgehead atoms. The van der Waals surface area contributed by atoms with Gasteiger partial charge in [0.2, 0.25) is 0 Å². The lowest BCUT2D eigenvalue weighted by Gasteiger charge is -2.10. The molecule has 2 aromatic heterocycles. The van der Waals surface area contributed by atoms with Gasteiger partial charge < -0.3 is 15.5 Å². The standard InChI is InChI=1S/C10H13N5O3/c1-6-8(9(18)11-2-7(17)4-16)3-12-10-13-5-14-15(6)10/h3,5,7,16-17H,2,4H2,1H3,(H,11,18). The Kier molecular flexibility index (Phi) is 3.49. The summed E-state index contributed by atoms with van der Waals surface area (Å²) in [5.41, 5.74) is 0.951. The van der Waals surface area contributed by atoms with E-state index in [0.717, 1.165) is 0 Å². The van der Waals surface area contributed by atoms with E-state index in [-0.39, 0.29) is 12.5 Å². The maximum atomic E-state index is 11.8. The molecule has 0 aliphatic carbocycles. The number of hydrogen-bond donors (Lipinski definition) is 3. The molecule has 96 valence electrons. The molecule has 2 rings (SSSR count). The number of rotatable bonds is 4. The van der Waals surface area contributed by atoms with Gasteiger partial charge in [-0.05, 0) is 6.92 Å². The van der Waals surface area contributed by atoms with Gasteiger partial charge in [-0.25, -0.2) is 9.50 Å². The van der Waals surface area contributed by atoms with Crippen LogP contribution in [0.4, 0.5) is 0 Å². The lowest BCUT2D eigenvalue weighted by Crippen LogP contribution is -2.34.